The first-order valence-corrected chi connectivity index (χ1v) is 6.02. The van der Waals surface area contributed by atoms with E-state index in [0.29, 0.717) is 19.3 Å². The van der Waals surface area contributed by atoms with E-state index >= 15 is 0 Å². The van der Waals surface area contributed by atoms with Gasteiger partial charge in [0.15, 0.2) is 5.79 Å². The first-order chi connectivity index (χ1) is 8.48. The summed E-state index contributed by atoms with van der Waals surface area (Å²) in [6, 6.07) is 0. The van der Waals surface area contributed by atoms with Gasteiger partial charge >= 0.3 is 5.97 Å². The molecule has 0 saturated carbocycles. The summed E-state index contributed by atoms with van der Waals surface area (Å²) in [6.45, 7) is 3.69. The van der Waals surface area contributed by atoms with Gasteiger partial charge in [0.05, 0.1) is 7.11 Å². The average Bonchev–Trinajstić information content (AvgIpc) is 2.63. The third-order valence-electron chi connectivity index (χ3n) is 2.63. The highest BCUT2D eigenvalue weighted by atomic mass is 16.7. The quantitative estimate of drug-likeness (QED) is 0.427. The molecule has 18 heavy (non-hydrogen) atoms. The molecule has 2 atom stereocenters. The fourth-order valence-electron chi connectivity index (χ4n) is 1.80. The predicted octanol–water partition coefficient (Wildman–Crippen LogP) is 2.04. The van der Waals surface area contributed by atoms with Crippen molar-refractivity contribution < 1.29 is 19.0 Å². The first kappa shape index (κ1) is 14.7. The largest absolute Gasteiger partial charge is 0.469 e. The van der Waals surface area contributed by atoms with E-state index in [9.17, 15) is 4.79 Å². The standard InChI is InChI=1S/C14H20O4/c1-5-11-12(18-14(2,3)17-11)9-7-6-8-10-13(15)16-4/h1,6-7,11-12H,8-10H2,2-4H3/b7-6-. The van der Waals surface area contributed by atoms with E-state index in [0.717, 1.165) is 0 Å². The van der Waals surface area contributed by atoms with Crippen molar-refractivity contribution in [1.29, 1.82) is 0 Å². The molecule has 1 saturated heterocycles. The maximum absolute atomic E-state index is 10.9. The zero-order valence-corrected chi connectivity index (χ0v) is 11.1. The van der Waals surface area contributed by atoms with Crippen LogP contribution in [0, 0.1) is 12.3 Å². The average molecular weight is 252 g/mol. The fraction of sp³-hybridized carbons (Fsp3) is 0.643. The molecule has 100 valence electrons. The van der Waals surface area contributed by atoms with Crippen molar-refractivity contribution in [1.82, 2.24) is 0 Å². The Balaban J connectivity index is 2.33. The van der Waals surface area contributed by atoms with Gasteiger partial charge in [-0.1, -0.05) is 18.1 Å². The van der Waals surface area contributed by atoms with Gasteiger partial charge in [-0.15, -0.1) is 6.42 Å². The molecular weight excluding hydrogens is 232 g/mol. The number of hydrogen-bond acceptors (Lipinski definition) is 4. The van der Waals surface area contributed by atoms with Crippen LogP contribution in [-0.4, -0.2) is 31.1 Å². The second kappa shape index (κ2) is 6.58. The third-order valence-corrected chi connectivity index (χ3v) is 2.63. The zero-order chi connectivity index (χ0) is 13.6. The maximum Gasteiger partial charge on any atom is 0.305 e. The minimum Gasteiger partial charge on any atom is -0.469 e. The van der Waals surface area contributed by atoms with E-state index < -0.39 is 5.79 Å². The Morgan fingerprint density at radius 1 is 1.44 bits per heavy atom. The van der Waals surface area contributed by atoms with E-state index in [2.05, 4.69) is 10.7 Å². The molecule has 2 unspecified atom stereocenters. The first-order valence-electron chi connectivity index (χ1n) is 6.02. The van der Waals surface area contributed by atoms with Gasteiger partial charge in [-0.3, -0.25) is 4.79 Å². The van der Waals surface area contributed by atoms with E-state index in [1.807, 2.05) is 26.0 Å². The van der Waals surface area contributed by atoms with E-state index in [1.165, 1.54) is 7.11 Å². The number of rotatable bonds is 5. The van der Waals surface area contributed by atoms with Crippen LogP contribution in [0.3, 0.4) is 0 Å². The molecule has 0 amide bonds. The fourth-order valence-corrected chi connectivity index (χ4v) is 1.80. The Labute approximate surface area is 108 Å². The van der Waals surface area contributed by atoms with Crippen LogP contribution in [0.1, 0.15) is 33.1 Å². The summed E-state index contributed by atoms with van der Waals surface area (Å²) < 4.78 is 15.8. The number of allylic oxidation sites excluding steroid dienone is 1. The highest BCUT2D eigenvalue weighted by Crippen LogP contribution is 2.29. The van der Waals surface area contributed by atoms with Crippen molar-refractivity contribution in [2.75, 3.05) is 7.11 Å². The normalized spacial score (nSPS) is 26.1. The van der Waals surface area contributed by atoms with E-state index in [4.69, 9.17) is 15.9 Å². The van der Waals surface area contributed by atoms with Crippen LogP contribution < -0.4 is 0 Å². The number of ether oxygens (including phenoxy) is 3. The summed E-state index contributed by atoms with van der Waals surface area (Å²) >= 11 is 0. The molecule has 0 N–H and O–H groups in total. The van der Waals surface area contributed by atoms with Crippen LogP contribution in [0.2, 0.25) is 0 Å². The Bertz CT molecular complexity index is 351. The van der Waals surface area contributed by atoms with Crippen LogP contribution in [0.4, 0.5) is 0 Å². The maximum atomic E-state index is 10.9. The van der Waals surface area contributed by atoms with Crippen LogP contribution in [0.25, 0.3) is 0 Å². The SMILES string of the molecule is C#CC1OC(C)(C)OC1C/C=C\CCC(=O)OC. The number of carbonyl (C=O) groups is 1. The number of hydrogen-bond donors (Lipinski definition) is 0. The van der Waals surface area contributed by atoms with Gasteiger partial charge in [0.1, 0.15) is 12.2 Å². The minimum absolute atomic E-state index is 0.126. The second-order valence-corrected chi connectivity index (χ2v) is 4.58. The number of esters is 1. The minimum atomic E-state index is -0.623. The monoisotopic (exact) mass is 252 g/mol. The topological polar surface area (TPSA) is 44.8 Å². The van der Waals surface area contributed by atoms with Crippen molar-refractivity contribution >= 4 is 5.97 Å². The molecule has 0 aromatic heterocycles. The van der Waals surface area contributed by atoms with Gasteiger partial charge in [-0.2, -0.15) is 0 Å². The molecule has 1 heterocycles. The summed E-state index contributed by atoms with van der Waals surface area (Å²) in [7, 11) is 1.38. The van der Waals surface area contributed by atoms with Crippen LogP contribution in [0.15, 0.2) is 12.2 Å². The molecule has 0 bridgehead atoms. The third kappa shape index (κ3) is 4.52. The van der Waals surface area contributed by atoms with Crippen LogP contribution in [-0.2, 0) is 19.0 Å². The van der Waals surface area contributed by atoms with Crippen LogP contribution >= 0.6 is 0 Å². The molecule has 0 aliphatic carbocycles. The molecular formula is C14H20O4. The van der Waals surface area contributed by atoms with Crippen molar-refractivity contribution in [3.8, 4) is 12.3 Å². The zero-order valence-electron chi connectivity index (χ0n) is 11.1. The van der Waals surface area contributed by atoms with Gasteiger partial charge in [-0.25, -0.2) is 0 Å². The summed E-state index contributed by atoms with van der Waals surface area (Å²) in [6.07, 6.45) is 10.6. The van der Waals surface area contributed by atoms with E-state index in [-0.39, 0.29) is 18.2 Å². The lowest BCUT2D eigenvalue weighted by Crippen LogP contribution is -2.21. The predicted molar refractivity (Wildman–Crippen MR) is 67.7 cm³/mol. The summed E-state index contributed by atoms with van der Waals surface area (Å²) in [4.78, 5) is 10.9. The Morgan fingerprint density at radius 2 is 2.17 bits per heavy atom. The highest BCUT2D eigenvalue weighted by Gasteiger charge is 2.39. The molecule has 1 rings (SSSR count). The summed E-state index contributed by atoms with van der Waals surface area (Å²) in [5.74, 6) is 1.75. The lowest BCUT2D eigenvalue weighted by atomic mass is 10.1. The number of methoxy groups -OCH3 is 1. The molecule has 1 fully saturated rings. The number of carbonyl (C=O) groups excluding carboxylic acids is 1. The van der Waals surface area contributed by atoms with Gasteiger partial charge < -0.3 is 14.2 Å². The lowest BCUT2D eigenvalue weighted by molar-refractivity contribution is -0.142. The van der Waals surface area contributed by atoms with Gasteiger partial charge in [-0.05, 0) is 26.7 Å². The van der Waals surface area contributed by atoms with Gasteiger partial charge in [0.25, 0.3) is 0 Å². The second-order valence-electron chi connectivity index (χ2n) is 4.58. The Morgan fingerprint density at radius 3 is 2.78 bits per heavy atom. The van der Waals surface area contributed by atoms with Crippen molar-refractivity contribution in [3.63, 3.8) is 0 Å². The Hall–Kier alpha value is -1.31. The van der Waals surface area contributed by atoms with Gasteiger partial charge in [0.2, 0.25) is 0 Å². The molecule has 0 aromatic carbocycles. The van der Waals surface area contributed by atoms with Crippen molar-refractivity contribution in [2.45, 2.75) is 51.1 Å². The van der Waals surface area contributed by atoms with Crippen molar-refractivity contribution in [2.24, 2.45) is 0 Å². The molecule has 1 aliphatic rings. The van der Waals surface area contributed by atoms with Crippen molar-refractivity contribution in [3.05, 3.63) is 12.2 Å². The summed E-state index contributed by atoms with van der Waals surface area (Å²) in [5.41, 5.74) is 0. The molecule has 4 heteroatoms. The molecule has 0 spiro atoms. The molecule has 0 radical (unpaired) electrons. The van der Waals surface area contributed by atoms with Crippen LogP contribution in [0.5, 0.6) is 0 Å². The smallest absolute Gasteiger partial charge is 0.305 e. The molecule has 0 aromatic rings. The Kier molecular flexibility index (Phi) is 5.39. The van der Waals surface area contributed by atoms with Gasteiger partial charge in [0, 0.05) is 6.42 Å². The number of terminal acetylenes is 1. The van der Waals surface area contributed by atoms with E-state index in [1.54, 1.807) is 0 Å². The summed E-state index contributed by atoms with van der Waals surface area (Å²) in [5, 5.41) is 0. The molecule has 1 aliphatic heterocycles. The lowest BCUT2D eigenvalue weighted by Gasteiger charge is -2.15. The highest BCUT2D eigenvalue weighted by molar-refractivity contribution is 5.69. The molecule has 4 nitrogen and oxygen atoms in total.